The SMILES string of the molecule is COc1ccc(C(=O)NC/C(N)=N/O)cc1. The summed E-state index contributed by atoms with van der Waals surface area (Å²) in [7, 11) is 1.55. The second kappa shape index (κ2) is 5.59. The van der Waals surface area contributed by atoms with E-state index in [0.717, 1.165) is 0 Å². The fraction of sp³-hybridized carbons (Fsp3) is 0.200. The van der Waals surface area contributed by atoms with Crippen molar-refractivity contribution in [3.05, 3.63) is 29.8 Å². The Bertz CT molecular complexity index is 387. The van der Waals surface area contributed by atoms with E-state index in [2.05, 4.69) is 10.5 Å². The van der Waals surface area contributed by atoms with Crippen molar-refractivity contribution < 1.29 is 14.7 Å². The fourth-order valence-electron chi connectivity index (χ4n) is 1.05. The first-order valence-corrected chi connectivity index (χ1v) is 4.56. The fourth-order valence-corrected chi connectivity index (χ4v) is 1.05. The third kappa shape index (κ3) is 3.16. The number of ether oxygens (including phenoxy) is 1. The maximum absolute atomic E-state index is 11.5. The van der Waals surface area contributed by atoms with Gasteiger partial charge in [-0.25, -0.2) is 0 Å². The smallest absolute Gasteiger partial charge is 0.251 e. The van der Waals surface area contributed by atoms with Crippen molar-refractivity contribution in [2.24, 2.45) is 10.9 Å². The van der Waals surface area contributed by atoms with E-state index in [1.807, 2.05) is 0 Å². The van der Waals surface area contributed by atoms with Gasteiger partial charge in [0.2, 0.25) is 0 Å². The van der Waals surface area contributed by atoms with Gasteiger partial charge in [-0.3, -0.25) is 4.79 Å². The average molecular weight is 223 g/mol. The lowest BCUT2D eigenvalue weighted by Gasteiger charge is -2.04. The maximum atomic E-state index is 11.5. The molecule has 0 aliphatic heterocycles. The summed E-state index contributed by atoms with van der Waals surface area (Å²) in [6.07, 6.45) is 0. The van der Waals surface area contributed by atoms with E-state index in [9.17, 15) is 4.79 Å². The zero-order chi connectivity index (χ0) is 12.0. The normalized spacial score (nSPS) is 10.9. The van der Waals surface area contributed by atoms with Gasteiger partial charge in [-0.15, -0.1) is 0 Å². The number of carbonyl (C=O) groups is 1. The Morgan fingerprint density at radius 2 is 2.12 bits per heavy atom. The van der Waals surface area contributed by atoms with E-state index in [1.165, 1.54) is 0 Å². The zero-order valence-corrected chi connectivity index (χ0v) is 8.80. The molecule has 16 heavy (non-hydrogen) atoms. The first kappa shape index (κ1) is 11.8. The van der Waals surface area contributed by atoms with Crippen molar-refractivity contribution >= 4 is 11.7 Å². The van der Waals surface area contributed by atoms with Crippen LogP contribution < -0.4 is 15.8 Å². The topological polar surface area (TPSA) is 96.9 Å². The highest BCUT2D eigenvalue weighted by atomic mass is 16.5. The number of nitrogens with one attached hydrogen (secondary N) is 1. The number of hydrogen-bond donors (Lipinski definition) is 3. The summed E-state index contributed by atoms with van der Waals surface area (Å²) in [5.74, 6) is 0.323. The highest BCUT2D eigenvalue weighted by Crippen LogP contribution is 2.10. The Kier molecular flexibility index (Phi) is 4.14. The number of hydrogen-bond acceptors (Lipinski definition) is 4. The summed E-state index contributed by atoms with van der Waals surface area (Å²) in [5.41, 5.74) is 5.69. The van der Waals surface area contributed by atoms with Gasteiger partial charge in [0.05, 0.1) is 13.7 Å². The number of methoxy groups -OCH3 is 1. The lowest BCUT2D eigenvalue weighted by Crippen LogP contribution is -2.33. The quantitative estimate of drug-likeness (QED) is 0.293. The van der Waals surface area contributed by atoms with Gasteiger partial charge < -0.3 is 21.0 Å². The summed E-state index contributed by atoms with van der Waals surface area (Å²) in [4.78, 5) is 11.5. The summed E-state index contributed by atoms with van der Waals surface area (Å²) < 4.78 is 4.96. The van der Waals surface area contributed by atoms with Gasteiger partial charge in [0.25, 0.3) is 5.91 Å². The van der Waals surface area contributed by atoms with Crippen LogP contribution in [0.3, 0.4) is 0 Å². The molecular weight excluding hydrogens is 210 g/mol. The van der Waals surface area contributed by atoms with Crippen LogP contribution >= 0.6 is 0 Å². The van der Waals surface area contributed by atoms with E-state index in [1.54, 1.807) is 31.4 Å². The van der Waals surface area contributed by atoms with E-state index in [0.29, 0.717) is 11.3 Å². The van der Waals surface area contributed by atoms with Gasteiger partial charge in [-0.05, 0) is 24.3 Å². The molecular formula is C10H13N3O3. The molecule has 0 aromatic heterocycles. The molecule has 0 saturated carbocycles. The molecule has 0 bridgehead atoms. The average Bonchev–Trinajstić information content (AvgIpc) is 2.35. The van der Waals surface area contributed by atoms with Gasteiger partial charge in [0.15, 0.2) is 5.84 Å². The molecule has 1 aromatic carbocycles. The Hall–Kier alpha value is -2.24. The van der Waals surface area contributed by atoms with Crippen molar-refractivity contribution in [3.8, 4) is 5.75 Å². The van der Waals surface area contributed by atoms with Crippen molar-refractivity contribution in [2.75, 3.05) is 13.7 Å². The standard InChI is InChI=1S/C10H13N3O3/c1-16-8-4-2-7(3-5-8)10(14)12-6-9(11)13-15/h2-5,15H,6H2,1H3,(H2,11,13)(H,12,14). The Labute approximate surface area is 92.7 Å². The van der Waals surface area contributed by atoms with Crippen molar-refractivity contribution in [1.82, 2.24) is 5.32 Å². The minimum absolute atomic E-state index is 0.00135. The van der Waals surface area contributed by atoms with Crippen LogP contribution in [0.4, 0.5) is 0 Å². The molecule has 0 aliphatic carbocycles. The summed E-state index contributed by atoms with van der Waals surface area (Å²) in [6.45, 7) is 0.00135. The zero-order valence-electron chi connectivity index (χ0n) is 8.80. The third-order valence-electron chi connectivity index (χ3n) is 1.91. The van der Waals surface area contributed by atoms with Crippen LogP contribution in [0.2, 0.25) is 0 Å². The van der Waals surface area contributed by atoms with E-state index >= 15 is 0 Å². The molecule has 1 aromatic rings. The largest absolute Gasteiger partial charge is 0.497 e. The number of rotatable bonds is 4. The number of oxime groups is 1. The van der Waals surface area contributed by atoms with Gasteiger partial charge in [-0.2, -0.15) is 0 Å². The summed E-state index contributed by atoms with van der Waals surface area (Å²) >= 11 is 0. The van der Waals surface area contributed by atoms with Gasteiger partial charge in [0.1, 0.15) is 5.75 Å². The first-order chi connectivity index (χ1) is 7.67. The third-order valence-corrected chi connectivity index (χ3v) is 1.91. The Morgan fingerprint density at radius 3 is 2.62 bits per heavy atom. The Balaban J connectivity index is 2.59. The molecule has 0 radical (unpaired) electrons. The second-order valence-electron chi connectivity index (χ2n) is 3.00. The first-order valence-electron chi connectivity index (χ1n) is 4.56. The number of nitrogens with zero attached hydrogens (tertiary/aromatic N) is 1. The van der Waals surface area contributed by atoms with Crippen molar-refractivity contribution in [1.29, 1.82) is 0 Å². The lowest BCUT2D eigenvalue weighted by atomic mass is 10.2. The van der Waals surface area contributed by atoms with Gasteiger partial charge in [-0.1, -0.05) is 5.16 Å². The number of amidine groups is 1. The highest BCUT2D eigenvalue weighted by Gasteiger charge is 2.05. The molecule has 1 rings (SSSR count). The van der Waals surface area contributed by atoms with Crippen LogP contribution in [0.1, 0.15) is 10.4 Å². The molecule has 0 spiro atoms. The second-order valence-corrected chi connectivity index (χ2v) is 3.00. The molecule has 0 unspecified atom stereocenters. The monoisotopic (exact) mass is 223 g/mol. The minimum atomic E-state index is -0.297. The molecule has 0 heterocycles. The van der Waals surface area contributed by atoms with Crippen LogP contribution in [0.5, 0.6) is 5.75 Å². The van der Waals surface area contributed by atoms with Crippen LogP contribution in [0.15, 0.2) is 29.4 Å². The number of nitrogens with two attached hydrogens (primary N) is 1. The van der Waals surface area contributed by atoms with Crippen LogP contribution in [-0.4, -0.2) is 30.6 Å². The van der Waals surface area contributed by atoms with Crippen molar-refractivity contribution in [2.45, 2.75) is 0 Å². The molecule has 1 amide bonds. The molecule has 0 saturated heterocycles. The van der Waals surface area contributed by atoms with Crippen LogP contribution in [-0.2, 0) is 0 Å². The number of carbonyl (C=O) groups excluding carboxylic acids is 1. The molecule has 86 valence electrons. The van der Waals surface area contributed by atoms with Crippen LogP contribution in [0, 0.1) is 0 Å². The molecule has 0 aliphatic rings. The molecule has 6 heteroatoms. The molecule has 6 nitrogen and oxygen atoms in total. The predicted molar refractivity (Wildman–Crippen MR) is 58.7 cm³/mol. The maximum Gasteiger partial charge on any atom is 0.251 e. The van der Waals surface area contributed by atoms with Crippen molar-refractivity contribution in [3.63, 3.8) is 0 Å². The Morgan fingerprint density at radius 1 is 1.50 bits per heavy atom. The summed E-state index contributed by atoms with van der Waals surface area (Å²) in [6, 6.07) is 6.61. The number of benzene rings is 1. The van der Waals surface area contributed by atoms with Gasteiger partial charge >= 0.3 is 0 Å². The summed E-state index contributed by atoms with van der Waals surface area (Å²) in [5, 5.41) is 13.5. The van der Waals surface area contributed by atoms with Crippen LogP contribution in [0.25, 0.3) is 0 Å². The number of amides is 1. The molecule has 0 fully saturated rings. The lowest BCUT2D eigenvalue weighted by molar-refractivity contribution is 0.0959. The van der Waals surface area contributed by atoms with E-state index in [4.69, 9.17) is 15.7 Å². The predicted octanol–water partition coefficient (Wildman–Crippen LogP) is 0.171. The van der Waals surface area contributed by atoms with E-state index < -0.39 is 0 Å². The highest BCUT2D eigenvalue weighted by molar-refractivity contribution is 5.97. The molecule has 4 N–H and O–H groups in total. The van der Waals surface area contributed by atoms with Gasteiger partial charge in [0, 0.05) is 5.56 Å². The molecule has 0 atom stereocenters. The minimum Gasteiger partial charge on any atom is -0.497 e. The van der Waals surface area contributed by atoms with E-state index in [-0.39, 0.29) is 18.3 Å².